The summed E-state index contributed by atoms with van der Waals surface area (Å²) in [6.07, 6.45) is 0.763. The summed E-state index contributed by atoms with van der Waals surface area (Å²) in [6.45, 7) is 2.72. The second-order valence-electron chi connectivity index (χ2n) is 7.58. The lowest BCUT2D eigenvalue weighted by atomic mass is 9.96. The largest absolute Gasteiger partial charge is 0.493 e. The fourth-order valence-corrected chi connectivity index (χ4v) is 4.67. The fourth-order valence-electron chi connectivity index (χ4n) is 4.40. The van der Waals surface area contributed by atoms with Gasteiger partial charge in [0.2, 0.25) is 0 Å². The van der Waals surface area contributed by atoms with Crippen molar-refractivity contribution in [1.82, 2.24) is 15.2 Å². The first-order chi connectivity index (χ1) is 14.6. The van der Waals surface area contributed by atoms with E-state index in [4.69, 9.17) is 22.1 Å². The van der Waals surface area contributed by atoms with Crippen LogP contribution in [0.5, 0.6) is 5.75 Å². The monoisotopic (exact) mass is 421 g/mol. The molecule has 2 aliphatic heterocycles. The molecule has 2 aromatic carbocycles. The Morgan fingerprint density at radius 1 is 1.27 bits per heavy atom. The van der Waals surface area contributed by atoms with Gasteiger partial charge in [0.25, 0.3) is 5.91 Å². The molecule has 5 rings (SSSR count). The first kappa shape index (κ1) is 18.8. The average Bonchev–Trinajstić information content (AvgIpc) is 3.08. The Balaban J connectivity index is 1.67. The van der Waals surface area contributed by atoms with Crippen molar-refractivity contribution >= 4 is 34.2 Å². The standard InChI is InChI=1S/C22H20ClN5O2/c23-17-8-15-19(30-7-4-12-11-26-5-6-28(12)22(15)29)9-14(17)13-2-1-3-18-20(13)16(10-24)21(25)27-18/h1-3,8-9,12,26-27H,4-7,11,25H2/t12-/m0/s1. The molecule has 4 N–H and O–H groups in total. The molecule has 1 atom stereocenters. The number of benzene rings is 2. The van der Waals surface area contributed by atoms with Crippen molar-refractivity contribution in [2.75, 3.05) is 32.0 Å². The number of ether oxygens (including phenoxy) is 1. The quantitative estimate of drug-likeness (QED) is 0.559. The van der Waals surface area contributed by atoms with Crippen LogP contribution >= 0.6 is 11.6 Å². The summed E-state index contributed by atoms with van der Waals surface area (Å²) >= 11 is 6.67. The van der Waals surface area contributed by atoms with E-state index in [2.05, 4.69) is 16.4 Å². The van der Waals surface area contributed by atoms with Crippen LogP contribution in [0.15, 0.2) is 30.3 Å². The molecule has 0 radical (unpaired) electrons. The molecule has 3 heterocycles. The molecule has 1 fully saturated rings. The summed E-state index contributed by atoms with van der Waals surface area (Å²) in [5.74, 6) is 0.764. The van der Waals surface area contributed by atoms with E-state index in [0.717, 1.165) is 30.6 Å². The van der Waals surface area contributed by atoms with Crippen LogP contribution < -0.4 is 15.8 Å². The minimum absolute atomic E-state index is 0.0635. The molecule has 3 aromatic rings. The van der Waals surface area contributed by atoms with Gasteiger partial charge in [-0.3, -0.25) is 4.79 Å². The molecule has 152 valence electrons. The number of aromatic nitrogens is 1. The topological polar surface area (TPSA) is 107 Å². The van der Waals surface area contributed by atoms with Crippen molar-refractivity contribution in [3.05, 3.63) is 46.5 Å². The number of piperazine rings is 1. The SMILES string of the molecule is N#Cc1c(N)[nH]c2cccc(-c3cc4c(cc3Cl)C(=O)N3CCNC[C@@H]3CCO4)c12. The highest BCUT2D eigenvalue weighted by Gasteiger charge is 2.32. The third-order valence-electron chi connectivity index (χ3n) is 5.87. The fraction of sp³-hybridized carbons (Fsp3) is 0.273. The summed E-state index contributed by atoms with van der Waals surface area (Å²) in [6, 6.07) is 11.4. The van der Waals surface area contributed by atoms with E-state index >= 15 is 0 Å². The van der Waals surface area contributed by atoms with Gasteiger partial charge in [0.1, 0.15) is 23.2 Å². The first-order valence-electron chi connectivity index (χ1n) is 9.87. The number of H-pyrrole nitrogens is 1. The summed E-state index contributed by atoms with van der Waals surface area (Å²) in [4.78, 5) is 18.2. The molecule has 0 spiro atoms. The zero-order valence-electron chi connectivity index (χ0n) is 16.2. The predicted octanol–water partition coefficient (Wildman–Crippen LogP) is 3.14. The van der Waals surface area contributed by atoms with E-state index in [1.807, 2.05) is 23.1 Å². The normalized spacial score (nSPS) is 18.7. The summed E-state index contributed by atoms with van der Waals surface area (Å²) in [5.41, 5.74) is 9.05. The molecule has 7 nitrogen and oxygen atoms in total. The van der Waals surface area contributed by atoms with Gasteiger partial charge in [0.05, 0.1) is 12.2 Å². The van der Waals surface area contributed by atoms with Crippen molar-refractivity contribution in [2.24, 2.45) is 0 Å². The van der Waals surface area contributed by atoms with Gasteiger partial charge in [-0.05, 0) is 23.8 Å². The Bertz CT molecular complexity index is 1210. The van der Waals surface area contributed by atoms with Crippen LogP contribution in [0.1, 0.15) is 22.3 Å². The minimum Gasteiger partial charge on any atom is -0.493 e. The van der Waals surface area contributed by atoms with Gasteiger partial charge in [0, 0.05) is 53.6 Å². The van der Waals surface area contributed by atoms with Gasteiger partial charge in [-0.2, -0.15) is 5.26 Å². The zero-order valence-corrected chi connectivity index (χ0v) is 16.9. The van der Waals surface area contributed by atoms with Crippen LogP contribution in [0.25, 0.3) is 22.0 Å². The number of nitrogens with zero attached hydrogens (tertiary/aromatic N) is 2. The van der Waals surface area contributed by atoms with Crippen molar-refractivity contribution in [3.63, 3.8) is 0 Å². The number of rotatable bonds is 1. The third kappa shape index (κ3) is 2.88. The molecule has 2 aliphatic rings. The van der Waals surface area contributed by atoms with E-state index in [1.165, 1.54) is 0 Å². The summed E-state index contributed by atoms with van der Waals surface area (Å²) in [5, 5.41) is 14.1. The molecule has 1 saturated heterocycles. The van der Waals surface area contributed by atoms with E-state index in [0.29, 0.717) is 51.8 Å². The van der Waals surface area contributed by atoms with Crippen molar-refractivity contribution < 1.29 is 9.53 Å². The number of carbonyl (C=O) groups is 1. The van der Waals surface area contributed by atoms with Crippen LogP contribution in [-0.4, -0.2) is 48.1 Å². The van der Waals surface area contributed by atoms with Crippen LogP contribution in [-0.2, 0) is 0 Å². The highest BCUT2D eigenvalue weighted by Crippen LogP contribution is 2.41. The Morgan fingerprint density at radius 3 is 2.97 bits per heavy atom. The number of anilines is 1. The van der Waals surface area contributed by atoms with Crippen LogP contribution in [0.4, 0.5) is 5.82 Å². The second-order valence-corrected chi connectivity index (χ2v) is 7.98. The third-order valence-corrected chi connectivity index (χ3v) is 6.19. The lowest BCUT2D eigenvalue weighted by Gasteiger charge is -2.38. The van der Waals surface area contributed by atoms with Crippen LogP contribution in [0.2, 0.25) is 5.02 Å². The Labute approximate surface area is 178 Å². The number of halogens is 1. The lowest BCUT2D eigenvalue weighted by Crippen LogP contribution is -2.54. The highest BCUT2D eigenvalue weighted by molar-refractivity contribution is 6.34. The van der Waals surface area contributed by atoms with Crippen molar-refractivity contribution in [2.45, 2.75) is 12.5 Å². The maximum absolute atomic E-state index is 13.2. The number of amides is 1. The maximum atomic E-state index is 13.2. The summed E-state index contributed by atoms with van der Waals surface area (Å²) < 4.78 is 6.01. The van der Waals surface area contributed by atoms with E-state index in [9.17, 15) is 10.1 Å². The minimum atomic E-state index is -0.0635. The number of carbonyl (C=O) groups excluding carboxylic acids is 1. The van der Waals surface area contributed by atoms with Crippen LogP contribution in [0.3, 0.4) is 0 Å². The van der Waals surface area contributed by atoms with E-state index in [-0.39, 0.29) is 11.9 Å². The number of nitriles is 1. The van der Waals surface area contributed by atoms with Crippen molar-refractivity contribution in [3.8, 4) is 22.9 Å². The number of nitrogen functional groups attached to an aromatic ring is 1. The second kappa shape index (κ2) is 7.24. The highest BCUT2D eigenvalue weighted by atomic mass is 35.5. The lowest BCUT2D eigenvalue weighted by molar-refractivity contribution is 0.0576. The first-order valence-corrected chi connectivity index (χ1v) is 10.2. The molecule has 0 unspecified atom stereocenters. The molecule has 1 amide bonds. The van der Waals surface area contributed by atoms with Gasteiger partial charge < -0.3 is 25.7 Å². The molecule has 8 heteroatoms. The average molecular weight is 422 g/mol. The van der Waals surface area contributed by atoms with Crippen molar-refractivity contribution in [1.29, 1.82) is 5.26 Å². The Hall–Kier alpha value is -3.21. The number of nitrogens with one attached hydrogen (secondary N) is 2. The van der Waals surface area contributed by atoms with E-state index < -0.39 is 0 Å². The van der Waals surface area contributed by atoms with Gasteiger partial charge in [-0.15, -0.1) is 0 Å². The Morgan fingerprint density at radius 2 is 2.13 bits per heavy atom. The van der Waals surface area contributed by atoms with Gasteiger partial charge in [0.15, 0.2) is 0 Å². The molecular weight excluding hydrogens is 402 g/mol. The maximum Gasteiger partial charge on any atom is 0.258 e. The smallest absolute Gasteiger partial charge is 0.258 e. The Kier molecular flexibility index (Phi) is 4.54. The number of nitrogens with two attached hydrogens (primary N) is 1. The molecule has 1 aromatic heterocycles. The molecule has 0 aliphatic carbocycles. The van der Waals surface area contributed by atoms with E-state index in [1.54, 1.807) is 12.1 Å². The molecular formula is C22H20ClN5O2. The summed E-state index contributed by atoms with van der Waals surface area (Å²) in [7, 11) is 0. The molecule has 30 heavy (non-hydrogen) atoms. The number of hydrogen-bond donors (Lipinski definition) is 3. The number of fused-ring (bicyclic) bond motifs is 3. The number of hydrogen-bond acceptors (Lipinski definition) is 5. The molecule has 0 saturated carbocycles. The predicted molar refractivity (Wildman–Crippen MR) is 116 cm³/mol. The number of aromatic amines is 1. The van der Waals surface area contributed by atoms with Gasteiger partial charge in [-0.1, -0.05) is 23.7 Å². The van der Waals surface area contributed by atoms with Gasteiger partial charge in [-0.25, -0.2) is 0 Å². The van der Waals surface area contributed by atoms with Crippen LogP contribution in [0, 0.1) is 11.3 Å². The zero-order chi connectivity index (χ0) is 20.8. The van der Waals surface area contributed by atoms with Gasteiger partial charge >= 0.3 is 0 Å². The molecule has 0 bridgehead atoms.